The van der Waals surface area contributed by atoms with Crippen molar-refractivity contribution in [2.24, 2.45) is 0 Å². The van der Waals surface area contributed by atoms with E-state index in [0.717, 1.165) is 10.9 Å². The van der Waals surface area contributed by atoms with E-state index >= 15 is 0 Å². The first-order valence-corrected chi connectivity index (χ1v) is 12.2. The SMILES string of the molecule is COC(=O)C(C)(C)c1cnc(C(=O)c2ccc(C(=O)NCCc3ccc(Cl)cc3)cc2)c2ccccc12. The second kappa shape index (κ2) is 10.9. The Morgan fingerprint density at radius 3 is 2.16 bits per heavy atom. The van der Waals surface area contributed by atoms with Crippen LogP contribution in [0, 0.1) is 0 Å². The van der Waals surface area contributed by atoms with Crippen molar-refractivity contribution in [2.75, 3.05) is 13.7 Å². The van der Waals surface area contributed by atoms with Gasteiger partial charge in [0.05, 0.1) is 12.5 Å². The van der Waals surface area contributed by atoms with Gasteiger partial charge in [0, 0.05) is 34.3 Å². The fourth-order valence-corrected chi connectivity index (χ4v) is 4.35. The lowest BCUT2D eigenvalue weighted by Gasteiger charge is -2.24. The van der Waals surface area contributed by atoms with Gasteiger partial charge in [-0.25, -0.2) is 0 Å². The van der Waals surface area contributed by atoms with Gasteiger partial charge in [-0.05, 0) is 61.0 Å². The van der Waals surface area contributed by atoms with Gasteiger partial charge in [-0.1, -0.05) is 60.1 Å². The lowest BCUT2D eigenvalue weighted by atomic mass is 9.82. The molecule has 4 rings (SSSR count). The molecule has 0 unspecified atom stereocenters. The number of hydrogen-bond donors (Lipinski definition) is 1. The van der Waals surface area contributed by atoms with Crippen LogP contribution in [0.5, 0.6) is 0 Å². The van der Waals surface area contributed by atoms with Crippen molar-refractivity contribution in [1.82, 2.24) is 10.3 Å². The number of ether oxygens (including phenoxy) is 1. The van der Waals surface area contributed by atoms with Gasteiger partial charge in [-0.2, -0.15) is 0 Å². The zero-order valence-corrected chi connectivity index (χ0v) is 21.6. The van der Waals surface area contributed by atoms with Crippen LogP contribution in [0.15, 0.2) is 79.0 Å². The van der Waals surface area contributed by atoms with E-state index < -0.39 is 5.41 Å². The van der Waals surface area contributed by atoms with Crippen LogP contribution in [0.3, 0.4) is 0 Å². The number of nitrogens with zero attached hydrogens (tertiary/aromatic N) is 1. The van der Waals surface area contributed by atoms with Crippen LogP contribution < -0.4 is 5.32 Å². The van der Waals surface area contributed by atoms with Gasteiger partial charge in [0.15, 0.2) is 0 Å². The highest BCUT2D eigenvalue weighted by Crippen LogP contribution is 2.32. The number of hydrogen-bond acceptors (Lipinski definition) is 5. The number of carbonyl (C=O) groups excluding carboxylic acids is 3. The Labute approximate surface area is 220 Å². The Bertz CT molecular complexity index is 1460. The van der Waals surface area contributed by atoms with Gasteiger partial charge in [0.25, 0.3) is 5.91 Å². The molecule has 0 saturated carbocycles. The molecular formula is C30H27ClN2O4. The van der Waals surface area contributed by atoms with Crippen molar-refractivity contribution in [3.8, 4) is 0 Å². The number of rotatable bonds is 8. The molecule has 0 saturated heterocycles. The molecule has 0 spiro atoms. The topological polar surface area (TPSA) is 85.4 Å². The lowest BCUT2D eigenvalue weighted by molar-refractivity contribution is -0.146. The third-order valence-corrected chi connectivity index (χ3v) is 6.65. The molecule has 3 aromatic carbocycles. The summed E-state index contributed by atoms with van der Waals surface area (Å²) in [6.45, 7) is 4.01. The van der Waals surface area contributed by atoms with Gasteiger partial charge in [0.2, 0.25) is 5.78 Å². The first-order chi connectivity index (χ1) is 17.7. The second-order valence-corrected chi connectivity index (χ2v) is 9.66. The average molecular weight is 515 g/mol. The summed E-state index contributed by atoms with van der Waals surface area (Å²) in [4.78, 5) is 42.8. The minimum absolute atomic E-state index is 0.217. The molecule has 188 valence electrons. The number of nitrogens with one attached hydrogen (secondary N) is 1. The summed E-state index contributed by atoms with van der Waals surface area (Å²) in [5, 5.41) is 4.97. The van der Waals surface area contributed by atoms with E-state index in [4.69, 9.17) is 16.3 Å². The van der Waals surface area contributed by atoms with Crippen molar-refractivity contribution in [2.45, 2.75) is 25.7 Å². The fraction of sp³-hybridized carbons (Fsp3) is 0.200. The van der Waals surface area contributed by atoms with Gasteiger partial charge < -0.3 is 10.1 Å². The van der Waals surface area contributed by atoms with Crippen molar-refractivity contribution in [3.63, 3.8) is 0 Å². The highest BCUT2D eigenvalue weighted by molar-refractivity contribution is 6.30. The molecule has 0 bridgehead atoms. The quantitative estimate of drug-likeness (QED) is 0.246. The Hall–Kier alpha value is -4.03. The molecule has 0 fully saturated rings. The highest BCUT2D eigenvalue weighted by atomic mass is 35.5. The Morgan fingerprint density at radius 2 is 1.51 bits per heavy atom. The van der Waals surface area contributed by atoms with Crippen molar-refractivity contribution in [3.05, 3.63) is 112 Å². The van der Waals surface area contributed by atoms with Crippen molar-refractivity contribution < 1.29 is 19.1 Å². The summed E-state index contributed by atoms with van der Waals surface area (Å²) in [5.74, 6) is -0.875. The summed E-state index contributed by atoms with van der Waals surface area (Å²) < 4.78 is 4.98. The lowest BCUT2D eigenvalue weighted by Crippen LogP contribution is -2.30. The predicted octanol–water partition coefficient (Wildman–Crippen LogP) is 5.54. The maximum Gasteiger partial charge on any atom is 0.315 e. The first kappa shape index (κ1) is 26.0. The molecule has 0 aliphatic carbocycles. The molecule has 6 nitrogen and oxygen atoms in total. The van der Waals surface area contributed by atoms with E-state index in [1.807, 2.05) is 48.5 Å². The van der Waals surface area contributed by atoms with Crippen LogP contribution in [-0.2, 0) is 21.4 Å². The Balaban J connectivity index is 1.52. The molecule has 0 radical (unpaired) electrons. The third kappa shape index (κ3) is 5.54. The summed E-state index contributed by atoms with van der Waals surface area (Å²) >= 11 is 5.91. The van der Waals surface area contributed by atoms with E-state index in [1.165, 1.54) is 7.11 Å². The zero-order valence-electron chi connectivity index (χ0n) is 20.9. The number of ketones is 1. The molecule has 4 aromatic rings. The molecule has 0 aliphatic rings. The van der Waals surface area contributed by atoms with E-state index in [1.54, 1.807) is 44.3 Å². The van der Waals surface area contributed by atoms with Crippen molar-refractivity contribution in [1.29, 1.82) is 0 Å². The third-order valence-electron chi connectivity index (χ3n) is 6.40. The Morgan fingerprint density at radius 1 is 0.892 bits per heavy atom. The molecule has 37 heavy (non-hydrogen) atoms. The van der Waals surface area contributed by atoms with E-state index in [-0.39, 0.29) is 23.4 Å². The second-order valence-electron chi connectivity index (χ2n) is 9.22. The summed E-state index contributed by atoms with van der Waals surface area (Å²) in [6.07, 6.45) is 2.25. The fourth-order valence-electron chi connectivity index (χ4n) is 4.22. The van der Waals surface area contributed by atoms with Crippen LogP contribution in [0.2, 0.25) is 5.02 Å². The molecule has 1 N–H and O–H groups in total. The molecule has 1 heterocycles. The number of benzene rings is 3. The maximum absolute atomic E-state index is 13.4. The average Bonchev–Trinajstić information content (AvgIpc) is 2.92. The van der Waals surface area contributed by atoms with Crippen LogP contribution in [0.25, 0.3) is 10.8 Å². The first-order valence-electron chi connectivity index (χ1n) is 11.9. The monoisotopic (exact) mass is 514 g/mol. The van der Waals surface area contributed by atoms with Gasteiger partial charge >= 0.3 is 5.97 Å². The number of pyridine rings is 1. The molecule has 1 aromatic heterocycles. The maximum atomic E-state index is 13.4. The summed E-state index contributed by atoms with van der Waals surface area (Å²) in [5.41, 5.74) is 1.96. The standard InChI is InChI=1S/C30H27ClN2O4/c1-30(2,29(36)37-3)25-18-33-26(24-7-5-4-6-23(24)25)27(34)20-10-12-21(13-11-20)28(35)32-17-16-19-8-14-22(31)15-9-19/h4-15,18H,16-17H2,1-3H3,(H,32,35). The van der Waals surface area contributed by atoms with Crippen LogP contribution in [0.1, 0.15) is 51.4 Å². The molecule has 0 atom stereocenters. The van der Waals surface area contributed by atoms with E-state index in [0.29, 0.717) is 40.1 Å². The van der Waals surface area contributed by atoms with Crippen molar-refractivity contribution >= 4 is 40.0 Å². The van der Waals surface area contributed by atoms with E-state index in [2.05, 4.69) is 10.3 Å². The molecule has 1 amide bonds. The smallest absolute Gasteiger partial charge is 0.315 e. The number of carbonyl (C=O) groups is 3. The van der Waals surface area contributed by atoms with Gasteiger partial charge in [-0.3, -0.25) is 19.4 Å². The highest BCUT2D eigenvalue weighted by Gasteiger charge is 2.33. The van der Waals surface area contributed by atoms with Gasteiger partial charge in [0.1, 0.15) is 5.69 Å². The van der Waals surface area contributed by atoms with E-state index in [9.17, 15) is 14.4 Å². The van der Waals surface area contributed by atoms with Gasteiger partial charge in [-0.15, -0.1) is 0 Å². The minimum Gasteiger partial charge on any atom is -0.468 e. The minimum atomic E-state index is -0.939. The molecule has 7 heteroatoms. The summed E-state index contributed by atoms with van der Waals surface area (Å²) in [6, 6.07) is 21.4. The largest absolute Gasteiger partial charge is 0.468 e. The van der Waals surface area contributed by atoms with Crippen LogP contribution in [0.4, 0.5) is 0 Å². The molecule has 0 aliphatic heterocycles. The number of aromatic nitrogens is 1. The summed E-state index contributed by atoms with van der Waals surface area (Å²) in [7, 11) is 1.35. The Kier molecular flexibility index (Phi) is 7.69. The number of esters is 1. The number of fused-ring (bicyclic) bond motifs is 1. The number of halogens is 1. The normalized spacial score (nSPS) is 11.2. The zero-order chi connectivity index (χ0) is 26.6. The van der Waals surface area contributed by atoms with Crippen LogP contribution in [-0.4, -0.2) is 36.3 Å². The molecular weight excluding hydrogens is 488 g/mol. The number of amides is 1. The predicted molar refractivity (Wildman–Crippen MR) is 144 cm³/mol. The van der Waals surface area contributed by atoms with Crippen LogP contribution >= 0.6 is 11.6 Å². The number of methoxy groups -OCH3 is 1.